The second-order valence-corrected chi connectivity index (χ2v) is 10.7. The molecule has 2 unspecified atom stereocenters. The van der Waals surface area contributed by atoms with Crippen molar-refractivity contribution in [2.75, 3.05) is 14.2 Å². The summed E-state index contributed by atoms with van der Waals surface area (Å²) in [6.07, 6.45) is 8.00. The minimum absolute atomic E-state index is 0.209. The Kier molecular flexibility index (Phi) is 4.51. The van der Waals surface area contributed by atoms with Crippen LogP contribution in [0.15, 0.2) is 24.3 Å². The Morgan fingerprint density at radius 1 is 0.800 bits per heavy atom. The Morgan fingerprint density at radius 2 is 1.40 bits per heavy atom. The van der Waals surface area contributed by atoms with Crippen LogP contribution >= 0.6 is 0 Å². The summed E-state index contributed by atoms with van der Waals surface area (Å²) in [6.45, 7) is 9.34. The molecule has 4 aliphatic rings. The maximum atomic E-state index is 5.96. The fourth-order valence-electron chi connectivity index (χ4n) is 8.19. The van der Waals surface area contributed by atoms with Crippen molar-refractivity contribution in [1.29, 1.82) is 0 Å². The molecule has 2 nitrogen and oxygen atoms in total. The maximum Gasteiger partial charge on any atom is 0.164 e. The zero-order chi connectivity index (χ0) is 21.3. The van der Waals surface area contributed by atoms with E-state index < -0.39 is 0 Å². The fourth-order valence-corrected chi connectivity index (χ4v) is 8.19. The van der Waals surface area contributed by atoms with Crippen molar-refractivity contribution >= 4 is 0 Å². The lowest BCUT2D eigenvalue weighted by Gasteiger charge is -2.63. The average Bonchev–Trinajstić information content (AvgIpc) is 2.70. The second-order valence-electron chi connectivity index (χ2n) is 10.7. The van der Waals surface area contributed by atoms with Crippen molar-refractivity contribution < 1.29 is 9.47 Å². The van der Waals surface area contributed by atoms with Gasteiger partial charge in [0, 0.05) is 11.0 Å². The van der Waals surface area contributed by atoms with Crippen molar-refractivity contribution in [3.8, 4) is 11.5 Å². The Labute approximate surface area is 182 Å². The minimum atomic E-state index is 0.209. The number of methoxy groups -OCH3 is 2. The molecule has 2 heteroatoms. The number of aryl methyl sites for hydroxylation is 2. The SMILES string of the molecule is COc1cccc(C23CC4CC(C2)CC(c2c(C)c(C)cc(C)c2C)(C4)C3)c1OC. The minimum Gasteiger partial charge on any atom is -0.493 e. The first-order valence-corrected chi connectivity index (χ1v) is 11.6. The number of para-hydroxylation sites is 1. The molecule has 6 rings (SSSR count). The summed E-state index contributed by atoms with van der Waals surface area (Å²) >= 11 is 0. The standard InChI is InChI=1S/C28H36O2/c1-17-10-18(2)20(4)25(19(17)3)28-14-21-11-22(15-28)13-27(12-21,16-28)23-8-7-9-24(29-5)26(23)30-6/h7-10,21-22H,11-16H2,1-6H3. The van der Waals surface area contributed by atoms with Gasteiger partial charge in [-0.15, -0.1) is 0 Å². The van der Waals surface area contributed by atoms with Crippen LogP contribution in [0.25, 0.3) is 0 Å². The van der Waals surface area contributed by atoms with Gasteiger partial charge in [0.1, 0.15) is 0 Å². The van der Waals surface area contributed by atoms with Crippen LogP contribution in [-0.2, 0) is 10.8 Å². The van der Waals surface area contributed by atoms with Gasteiger partial charge in [-0.25, -0.2) is 0 Å². The first-order valence-electron chi connectivity index (χ1n) is 11.6. The molecule has 4 aliphatic carbocycles. The van der Waals surface area contributed by atoms with E-state index in [4.69, 9.17) is 9.47 Å². The summed E-state index contributed by atoms with van der Waals surface area (Å²) in [5.41, 5.74) is 9.57. The molecule has 0 saturated heterocycles. The van der Waals surface area contributed by atoms with E-state index in [0.29, 0.717) is 5.41 Å². The highest BCUT2D eigenvalue weighted by Crippen LogP contribution is 2.68. The van der Waals surface area contributed by atoms with Crippen molar-refractivity contribution in [1.82, 2.24) is 0 Å². The molecule has 4 fully saturated rings. The molecule has 0 N–H and O–H groups in total. The highest BCUT2D eigenvalue weighted by Gasteiger charge is 2.60. The highest BCUT2D eigenvalue weighted by molar-refractivity contribution is 5.54. The van der Waals surface area contributed by atoms with Crippen LogP contribution in [0.2, 0.25) is 0 Å². The number of ether oxygens (including phenoxy) is 2. The quantitative estimate of drug-likeness (QED) is 0.563. The lowest BCUT2D eigenvalue weighted by atomic mass is 9.41. The Bertz CT molecular complexity index is 962. The largest absolute Gasteiger partial charge is 0.493 e. The lowest BCUT2D eigenvalue weighted by molar-refractivity contribution is -0.0295. The number of hydrogen-bond donors (Lipinski definition) is 0. The van der Waals surface area contributed by atoms with Crippen LogP contribution in [0.1, 0.15) is 71.9 Å². The molecule has 4 saturated carbocycles. The van der Waals surface area contributed by atoms with E-state index in [1.165, 1.54) is 66.3 Å². The van der Waals surface area contributed by atoms with Crippen molar-refractivity contribution in [2.45, 2.75) is 77.0 Å². The van der Waals surface area contributed by atoms with Gasteiger partial charge in [0.25, 0.3) is 0 Å². The molecular weight excluding hydrogens is 368 g/mol. The van der Waals surface area contributed by atoms with E-state index in [0.717, 1.165) is 23.3 Å². The molecule has 0 aliphatic heterocycles. The van der Waals surface area contributed by atoms with Crippen molar-refractivity contribution in [3.63, 3.8) is 0 Å². The monoisotopic (exact) mass is 404 g/mol. The Balaban J connectivity index is 1.70. The van der Waals surface area contributed by atoms with Crippen molar-refractivity contribution in [3.05, 3.63) is 57.6 Å². The molecule has 2 aromatic carbocycles. The van der Waals surface area contributed by atoms with Crippen LogP contribution < -0.4 is 9.47 Å². The second kappa shape index (κ2) is 6.77. The van der Waals surface area contributed by atoms with Gasteiger partial charge in [-0.05, 0) is 117 Å². The predicted octanol–water partition coefficient (Wildman–Crippen LogP) is 6.73. The Hall–Kier alpha value is -1.96. The van der Waals surface area contributed by atoms with Gasteiger partial charge >= 0.3 is 0 Å². The van der Waals surface area contributed by atoms with Gasteiger partial charge in [-0.1, -0.05) is 18.2 Å². The van der Waals surface area contributed by atoms with E-state index in [1.807, 2.05) is 6.07 Å². The summed E-state index contributed by atoms with van der Waals surface area (Å²) in [6, 6.07) is 8.91. The number of hydrogen-bond acceptors (Lipinski definition) is 2. The topological polar surface area (TPSA) is 18.5 Å². The normalized spacial score (nSPS) is 31.8. The summed E-state index contributed by atoms with van der Waals surface area (Å²) in [5, 5.41) is 0. The van der Waals surface area contributed by atoms with Gasteiger partial charge in [-0.3, -0.25) is 0 Å². The highest BCUT2D eigenvalue weighted by atomic mass is 16.5. The molecule has 0 amide bonds. The third kappa shape index (κ3) is 2.68. The van der Waals surface area contributed by atoms with Gasteiger partial charge < -0.3 is 9.47 Å². The molecular formula is C28H36O2. The van der Waals surface area contributed by atoms with Crippen LogP contribution in [0.3, 0.4) is 0 Å². The zero-order valence-corrected chi connectivity index (χ0v) is 19.5. The molecule has 2 aromatic rings. The predicted molar refractivity (Wildman–Crippen MR) is 123 cm³/mol. The summed E-state index contributed by atoms with van der Waals surface area (Å²) in [5.74, 6) is 3.48. The van der Waals surface area contributed by atoms with Gasteiger partial charge in [0.15, 0.2) is 11.5 Å². The molecule has 4 bridgehead atoms. The van der Waals surface area contributed by atoms with Crippen LogP contribution in [0.4, 0.5) is 0 Å². The fraction of sp³-hybridized carbons (Fsp3) is 0.571. The molecule has 30 heavy (non-hydrogen) atoms. The summed E-state index contributed by atoms with van der Waals surface area (Å²) in [4.78, 5) is 0. The lowest BCUT2D eigenvalue weighted by Crippen LogP contribution is -2.56. The number of benzene rings is 2. The van der Waals surface area contributed by atoms with Crippen molar-refractivity contribution in [2.24, 2.45) is 11.8 Å². The van der Waals surface area contributed by atoms with Crippen LogP contribution in [-0.4, -0.2) is 14.2 Å². The molecule has 0 spiro atoms. The Morgan fingerprint density at radius 3 is 1.97 bits per heavy atom. The molecule has 2 atom stereocenters. The number of rotatable bonds is 4. The first-order chi connectivity index (χ1) is 14.3. The van der Waals surface area contributed by atoms with Crippen LogP contribution in [0, 0.1) is 39.5 Å². The maximum absolute atomic E-state index is 5.96. The molecule has 0 heterocycles. The molecule has 160 valence electrons. The van der Waals surface area contributed by atoms with E-state index in [-0.39, 0.29) is 5.41 Å². The van der Waals surface area contributed by atoms with E-state index >= 15 is 0 Å². The van der Waals surface area contributed by atoms with E-state index in [9.17, 15) is 0 Å². The van der Waals surface area contributed by atoms with E-state index in [1.54, 1.807) is 19.8 Å². The van der Waals surface area contributed by atoms with Gasteiger partial charge in [0.2, 0.25) is 0 Å². The first kappa shape index (κ1) is 20.0. The zero-order valence-electron chi connectivity index (χ0n) is 19.5. The van der Waals surface area contributed by atoms with Crippen LogP contribution in [0.5, 0.6) is 11.5 Å². The third-order valence-corrected chi connectivity index (χ3v) is 8.93. The van der Waals surface area contributed by atoms with Gasteiger partial charge in [-0.2, -0.15) is 0 Å². The molecule has 0 aromatic heterocycles. The third-order valence-electron chi connectivity index (χ3n) is 8.93. The summed E-state index contributed by atoms with van der Waals surface area (Å²) in [7, 11) is 3.56. The molecule has 0 radical (unpaired) electrons. The van der Waals surface area contributed by atoms with E-state index in [2.05, 4.69) is 45.9 Å². The summed E-state index contributed by atoms with van der Waals surface area (Å²) < 4.78 is 11.7. The average molecular weight is 405 g/mol. The smallest absolute Gasteiger partial charge is 0.164 e. The van der Waals surface area contributed by atoms with Gasteiger partial charge in [0.05, 0.1) is 14.2 Å².